The van der Waals surface area contributed by atoms with Gasteiger partial charge in [-0.1, -0.05) is 140 Å². The topological polar surface area (TPSA) is 38.9 Å². The Labute approximate surface area is 282 Å². The second kappa shape index (κ2) is 11.0. The van der Waals surface area contributed by atoms with E-state index < -0.39 is 0 Å². The van der Waals surface area contributed by atoms with E-state index in [4.69, 9.17) is 14.4 Å². The number of nitrogens with zero attached hydrogens (tertiary/aromatic N) is 2. The Morgan fingerprint density at radius 1 is 0.286 bits per heavy atom. The number of aromatic nitrogens is 2. The van der Waals surface area contributed by atoms with Crippen LogP contribution in [-0.4, -0.2) is 9.97 Å². The molecule has 10 aromatic rings. The van der Waals surface area contributed by atoms with Gasteiger partial charge in [0.25, 0.3) is 0 Å². The lowest BCUT2D eigenvalue weighted by Gasteiger charge is -2.13. The van der Waals surface area contributed by atoms with Crippen molar-refractivity contribution >= 4 is 54.3 Å². The zero-order valence-corrected chi connectivity index (χ0v) is 26.5. The average molecular weight is 625 g/mol. The molecule has 0 bridgehead atoms. The van der Waals surface area contributed by atoms with Crippen LogP contribution in [-0.2, 0) is 0 Å². The summed E-state index contributed by atoms with van der Waals surface area (Å²) in [6.07, 6.45) is 0. The maximum Gasteiger partial charge on any atom is 0.160 e. The van der Waals surface area contributed by atoms with Crippen molar-refractivity contribution in [3.05, 3.63) is 170 Å². The van der Waals surface area contributed by atoms with Gasteiger partial charge in [0.1, 0.15) is 11.2 Å². The minimum atomic E-state index is 0.706. The molecule has 2 heterocycles. The van der Waals surface area contributed by atoms with Gasteiger partial charge in [-0.3, -0.25) is 0 Å². The fraction of sp³-hybridized carbons (Fsp3) is 0. The second-order valence-corrected chi connectivity index (χ2v) is 12.6. The van der Waals surface area contributed by atoms with Crippen molar-refractivity contribution in [2.24, 2.45) is 0 Å². The van der Waals surface area contributed by atoms with E-state index in [0.717, 1.165) is 50.0 Å². The lowest BCUT2D eigenvalue weighted by molar-refractivity contribution is 0.669. The largest absolute Gasteiger partial charge is 0.456 e. The Morgan fingerprint density at radius 2 is 0.796 bits per heavy atom. The molecule has 0 saturated heterocycles. The highest BCUT2D eigenvalue weighted by molar-refractivity contribution is 6.28. The third kappa shape index (κ3) is 4.59. The highest BCUT2D eigenvalue weighted by Crippen LogP contribution is 2.41. The monoisotopic (exact) mass is 624 g/mol. The average Bonchev–Trinajstić information content (AvgIpc) is 3.55. The van der Waals surface area contributed by atoms with E-state index in [0.29, 0.717) is 5.82 Å². The summed E-state index contributed by atoms with van der Waals surface area (Å²) < 4.78 is 6.31. The summed E-state index contributed by atoms with van der Waals surface area (Å²) in [7, 11) is 0. The number of furan rings is 1. The summed E-state index contributed by atoms with van der Waals surface area (Å²) in [6, 6.07) is 59.7. The minimum Gasteiger partial charge on any atom is -0.456 e. The lowest BCUT2D eigenvalue weighted by atomic mass is 9.91. The number of rotatable bonds is 4. The van der Waals surface area contributed by atoms with E-state index in [-0.39, 0.29) is 0 Å². The summed E-state index contributed by atoms with van der Waals surface area (Å²) >= 11 is 0. The van der Waals surface area contributed by atoms with Gasteiger partial charge in [0.2, 0.25) is 0 Å². The third-order valence-corrected chi connectivity index (χ3v) is 9.68. The van der Waals surface area contributed by atoms with Crippen molar-refractivity contribution < 1.29 is 4.42 Å². The third-order valence-electron chi connectivity index (χ3n) is 9.68. The van der Waals surface area contributed by atoms with Gasteiger partial charge in [0.05, 0.1) is 11.4 Å². The molecule has 10 rings (SSSR count). The van der Waals surface area contributed by atoms with Gasteiger partial charge in [-0.05, 0) is 73.8 Å². The number of hydrogen-bond donors (Lipinski definition) is 0. The Balaban J connectivity index is 1.18. The predicted octanol–water partition coefficient (Wildman–Crippen LogP) is 12.5. The van der Waals surface area contributed by atoms with Crippen LogP contribution in [0.3, 0.4) is 0 Å². The molecule has 0 radical (unpaired) electrons. The first-order valence-corrected chi connectivity index (χ1v) is 16.6. The van der Waals surface area contributed by atoms with Crippen LogP contribution in [0.25, 0.3) is 99.3 Å². The fourth-order valence-corrected chi connectivity index (χ4v) is 7.25. The van der Waals surface area contributed by atoms with Gasteiger partial charge < -0.3 is 4.42 Å². The van der Waals surface area contributed by atoms with Crippen LogP contribution in [0.1, 0.15) is 0 Å². The molecule has 0 amide bonds. The molecule has 2 aromatic heterocycles. The molecule has 0 atom stereocenters. The van der Waals surface area contributed by atoms with Crippen molar-refractivity contribution in [1.82, 2.24) is 9.97 Å². The standard InChI is InChI=1S/C46H28N2O/c1-3-11-29(12-4-1)30-19-21-31(22-20-30)42-28-43(48-46(47-42)32-13-5-2-6-14-32)33-23-24-36-38(25-33)34-15-7-8-16-35(34)40-27-45-41(26-39(36)40)37-17-9-10-18-44(37)49-45/h1-28H. The van der Waals surface area contributed by atoms with Gasteiger partial charge in [-0.2, -0.15) is 0 Å². The van der Waals surface area contributed by atoms with E-state index in [1.807, 2.05) is 36.4 Å². The number of hydrogen-bond acceptors (Lipinski definition) is 3. The molecule has 0 aliphatic rings. The number of para-hydroxylation sites is 1. The number of fused-ring (bicyclic) bond motifs is 9. The molecule has 3 nitrogen and oxygen atoms in total. The van der Waals surface area contributed by atoms with Crippen molar-refractivity contribution in [3.63, 3.8) is 0 Å². The normalized spacial score (nSPS) is 11.7. The van der Waals surface area contributed by atoms with Gasteiger partial charge >= 0.3 is 0 Å². The van der Waals surface area contributed by atoms with Gasteiger partial charge in [-0.15, -0.1) is 0 Å². The Morgan fingerprint density at radius 3 is 1.53 bits per heavy atom. The molecule has 8 aromatic carbocycles. The molecule has 228 valence electrons. The SMILES string of the molecule is c1ccc(-c2ccc(-c3cc(-c4ccc5c(c4)c4ccccc4c4cc6oc7ccccc7c6cc54)nc(-c4ccccc4)n3)cc2)cc1. The van der Waals surface area contributed by atoms with Crippen LogP contribution < -0.4 is 0 Å². The minimum absolute atomic E-state index is 0.706. The first-order valence-electron chi connectivity index (χ1n) is 16.6. The molecule has 3 heteroatoms. The summed E-state index contributed by atoms with van der Waals surface area (Å²) in [6.45, 7) is 0. The first-order chi connectivity index (χ1) is 24.3. The Hall–Kier alpha value is -6.58. The van der Waals surface area contributed by atoms with E-state index >= 15 is 0 Å². The van der Waals surface area contributed by atoms with Crippen molar-refractivity contribution in [2.75, 3.05) is 0 Å². The Bertz CT molecular complexity index is 2850. The van der Waals surface area contributed by atoms with Gasteiger partial charge in [0, 0.05) is 27.5 Å². The predicted molar refractivity (Wildman–Crippen MR) is 204 cm³/mol. The lowest BCUT2D eigenvalue weighted by Crippen LogP contribution is -1.96. The maximum atomic E-state index is 6.31. The smallest absolute Gasteiger partial charge is 0.160 e. The van der Waals surface area contributed by atoms with Crippen LogP contribution in [0, 0.1) is 0 Å². The van der Waals surface area contributed by atoms with Crippen LogP contribution in [0.15, 0.2) is 174 Å². The van der Waals surface area contributed by atoms with Crippen LogP contribution in [0.2, 0.25) is 0 Å². The maximum absolute atomic E-state index is 6.31. The summed E-state index contributed by atoms with van der Waals surface area (Å²) in [4.78, 5) is 10.2. The van der Waals surface area contributed by atoms with E-state index in [2.05, 4.69) is 133 Å². The molecule has 0 spiro atoms. The summed E-state index contributed by atoms with van der Waals surface area (Å²) in [5.41, 5.74) is 9.05. The summed E-state index contributed by atoms with van der Waals surface area (Å²) in [5.74, 6) is 0.706. The first kappa shape index (κ1) is 27.5. The molecule has 0 saturated carbocycles. The van der Waals surface area contributed by atoms with Crippen molar-refractivity contribution in [1.29, 1.82) is 0 Å². The molecule has 0 aliphatic heterocycles. The quantitative estimate of drug-likeness (QED) is 0.183. The molecular formula is C46H28N2O. The zero-order valence-electron chi connectivity index (χ0n) is 26.5. The van der Waals surface area contributed by atoms with Crippen LogP contribution in [0.5, 0.6) is 0 Å². The molecule has 0 N–H and O–H groups in total. The van der Waals surface area contributed by atoms with E-state index in [1.54, 1.807) is 0 Å². The Kier molecular flexibility index (Phi) is 6.18. The molecule has 0 fully saturated rings. The fourth-order valence-electron chi connectivity index (χ4n) is 7.25. The van der Waals surface area contributed by atoms with Crippen LogP contribution in [0.4, 0.5) is 0 Å². The molecule has 0 aliphatic carbocycles. The molecule has 49 heavy (non-hydrogen) atoms. The van der Waals surface area contributed by atoms with E-state index in [9.17, 15) is 0 Å². The summed E-state index contributed by atoms with van der Waals surface area (Å²) in [5, 5.41) is 9.49. The van der Waals surface area contributed by atoms with Gasteiger partial charge in [-0.25, -0.2) is 9.97 Å². The molecular weight excluding hydrogens is 597 g/mol. The highest BCUT2D eigenvalue weighted by atomic mass is 16.3. The van der Waals surface area contributed by atoms with E-state index in [1.165, 1.54) is 43.4 Å². The van der Waals surface area contributed by atoms with Crippen molar-refractivity contribution in [3.8, 4) is 45.0 Å². The van der Waals surface area contributed by atoms with Gasteiger partial charge in [0.15, 0.2) is 5.82 Å². The van der Waals surface area contributed by atoms with Crippen LogP contribution >= 0.6 is 0 Å². The number of benzene rings is 8. The van der Waals surface area contributed by atoms with Crippen molar-refractivity contribution in [2.45, 2.75) is 0 Å². The zero-order chi connectivity index (χ0) is 32.3. The molecule has 0 unspecified atom stereocenters. The second-order valence-electron chi connectivity index (χ2n) is 12.6. The highest BCUT2D eigenvalue weighted by Gasteiger charge is 2.16.